The Labute approximate surface area is 193 Å². The molecular formula is C25H30BFO6. The van der Waals surface area contributed by atoms with E-state index in [-0.39, 0.29) is 41.6 Å². The van der Waals surface area contributed by atoms with Crippen LogP contribution in [0, 0.1) is 29.0 Å². The molecule has 33 heavy (non-hydrogen) atoms. The third-order valence-electron chi connectivity index (χ3n) is 8.36. The zero-order chi connectivity index (χ0) is 23.2. The van der Waals surface area contributed by atoms with Crippen molar-refractivity contribution in [1.29, 1.82) is 0 Å². The molecule has 1 N–H and O–H groups in total. The second kappa shape index (κ2) is 8.87. The predicted molar refractivity (Wildman–Crippen MR) is 119 cm³/mol. The molecule has 1 aromatic rings. The number of fused-ring (bicyclic) bond motifs is 1. The Morgan fingerprint density at radius 1 is 1.33 bits per heavy atom. The van der Waals surface area contributed by atoms with Crippen LogP contribution in [0.25, 0.3) is 0 Å². The average molecular weight is 456 g/mol. The topological polar surface area (TPSA) is 82.1 Å². The monoisotopic (exact) mass is 456 g/mol. The fourth-order valence-electron chi connectivity index (χ4n) is 6.75. The van der Waals surface area contributed by atoms with Crippen LogP contribution >= 0.6 is 0 Å². The molecule has 6 nitrogen and oxygen atoms in total. The van der Waals surface area contributed by atoms with E-state index in [1.165, 1.54) is 12.1 Å². The first-order valence-electron chi connectivity index (χ1n) is 12.0. The van der Waals surface area contributed by atoms with Crippen molar-refractivity contribution in [3.05, 3.63) is 36.2 Å². The number of carbonyl (C=O) groups excluding carboxylic acids is 2. The van der Waals surface area contributed by atoms with Crippen LogP contribution in [0.1, 0.15) is 56.9 Å². The van der Waals surface area contributed by atoms with Gasteiger partial charge in [0.25, 0.3) is 0 Å². The van der Waals surface area contributed by atoms with Gasteiger partial charge >= 0.3 is 13.1 Å². The normalized spacial score (nSPS) is 33.0. The molecule has 0 radical (unpaired) electrons. The van der Waals surface area contributed by atoms with Crippen LogP contribution in [0.5, 0.6) is 5.75 Å². The maximum atomic E-state index is 14.4. The number of rotatable bonds is 5. The molecule has 3 saturated carbocycles. The second-order valence-corrected chi connectivity index (χ2v) is 10.1. The summed E-state index contributed by atoms with van der Waals surface area (Å²) in [5.41, 5.74) is 1.04. The highest BCUT2D eigenvalue weighted by Crippen LogP contribution is 2.58. The summed E-state index contributed by atoms with van der Waals surface area (Å²) >= 11 is 0. The molecule has 3 fully saturated rings. The van der Waals surface area contributed by atoms with E-state index in [1.807, 2.05) is 6.08 Å². The first kappa shape index (κ1) is 22.6. The first-order valence-corrected chi connectivity index (χ1v) is 12.0. The minimum Gasteiger partial charge on any atom is -0.479 e. The van der Waals surface area contributed by atoms with Crippen LogP contribution in [-0.4, -0.2) is 36.6 Å². The number of esters is 1. The standard InChI is InChI=1S/C25H30BFO6/c1-2-15-5-8-25-7-3-4-17(24(25)20(28)6-9-25)21(10-15)33-23(29)14-31-22-11-16-13-32-26(30)18(16)12-19(22)27/h2,11-12,15,17,21,24,30H,1,3-10,13-14H2. The summed E-state index contributed by atoms with van der Waals surface area (Å²) in [4.78, 5) is 25.6. The van der Waals surface area contributed by atoms with Crippen LogP contribution in [-0.2, 0) is 25.6 Å². The van der Waals surface area contributed by atoms with Crippen LogP contribution in [0.15, 0.2) is 24.8 Å². The molecule has 0 aromatic heterocycles. The lowest BCUT2D eigenvalue weighted by Crippen LogP contribution is -2.47. The van der Waals surface area contributed by atoms with E-state index in [0.29, 0.717) is 29.7 Å². The van der Waals surface area contributed by atoms with Crippen molar-refractivity contribution in [3.8, 4) is 5.75 Å². The van der Waals surface area contributed by atoms with Crippen molar-refractivity contribution in [3.63, 3.8) is 0 Å². The maximum absolute atomic E-state index is 14.4. The lowest BCUT2D eigenvalue weighted by molar-refractivity contribution is -0.162. The van der Waals surface area contributed by atoms with E-state index in [2.05, 4.69) is 6.58 Å². The zero-order valence-electron chi connectivity index (χ0n) is 18.8. The Kier molecular flexibility index (Phi) is 6.08. The van der Waals surface area contributed by atoms with Crippen molar-refractivity contribution < 1.29 is 33.1 Å². The van der Waals surface area contributed by atoms with Gasteiger partial charge in [-0.3, -0.25) is 4.79 Å². The molecule has 0 saturated heterocycles. The molecule has 3 aliphatic carbocycles. The number of benzene rings is 1. The SMILES string of the molecule is C=CC1CCC23CCCC(C(OC(=O)COc4cc5c(cc4F)B(O)OC5)C1)C2C(=O)CC3. The van der Waals surface area contributed by atoms with Gasteiger partial charge in [-0.15, -0.1) is 6.58 Å². The van der Waals surface area contributed by atoms with Gasteiger partial charge in [0.05, 0.1) is 6.61 Å². The third-order valence-corrected chi connectivity index (χ3v) is 8.36. The number of halogens is 1. The van der Waals surface area contributed by atoms with E-state index >= 15 is 0 Å². The van der Waals surface area contributed by atoms with Gasteiger partial charge in [0, 0.05) is 18.3 Å². The fraction of sp³-hybridized carbons (Fsp3) is 0.600. The van der Waals surface area contributed by atoms with Crippen LogP contribution < -0.4 is 10.2 Å². The molecule has 5 rings (SSSR count). The first-order chi connectivity index (χ1) is 15.9. The summed E-state index contributed by atoms with van der Waals surface area (Å²) in [6.07, 6.45) is 8.79. The van der Waals surface area contributed by atoms with Gasteiger partial charge in [-0.2, -0.15) is 0 Å². The van der Waals surface area contributed by atoms with Crippen molar-refractivity contribution in [2.75, 3.05) is 6.61 Å². The molecular weight excluding hydrogens is 426 g/mol. The molecule has 5 atom stereocenters. The summed E-state index contributed by atoms with van der Waals surface area (Å²) in [6.45, 7) is 3.71. The van der Waals surface area contributed by atoms with Gasteiger partial charge in [0.15, 0.2) is 18.2 Å². The van der Waals surface area contributed by atoms with Gasteiger partial charge in [0.1, 0.15) is 11.9 Å². The van der Waals surface area contributed by atoms with E-state index in [0.717, 1.165) is 38.5 Å². The maximum Gasteiger partial charge on any atom is 0.491 e. The average Bonchev–Trinajstić information content (AvgIpc) is 3.33. The molecule has 1 heterocycles. The molecule has 4 aliphatic rings. The minimum atomic E-state index is -1.15. The summed E-state index contributed by atoms with van der Waals surface area (Å²) in [6, 6.07) is 2.62. The molecule has 1 aromatic carbocycles. The van der Waals surface area contributed by atoms with Crippen LogP contribution in [0.3, 0.4) is 0 Å². The summed E-state index contributed by atoms with van der Waals surface area (Å²) in [5.74, 6) is -0.768. The lowest BCUT2D eigenvalue weighted by Gasteiger charge is -2.48. The van der Waals surface area contributed by atoms with E-state index < -0.39 is 25.5 Å². The molecule has 5 unspecified atom stereocenters. The number of allylic oxidation sites excluding steroid dienone is 1. The summed E-state index contributed by atoms with van der Waals surface area (Å²) < 4.78 is 30.8. The van der Waals surface area contributed by atoms with Crippen molar-refractivity contribution >= 4 is 24.3 Å². The zero-order valence-corrected chi connectivity index (χ0v) is 18.8. The molecule has 176 valence electrons. The van der Waals surface area contributed by atoms with Gasteiger partial charge in [-0.1, -0.05) is 12.5 Å². The van der Waals surface area contributed by atoms with Gasteiger partial charge in [-0.05, 0) is 73.0 Å². The van der Waals surface area contributed by atoms with Gasteiger partial charge in [0.2, 0.25) is 0 Å². The largest absolute Gasteiger partial charge is 0.491 e. The van der Waals surface area contributed by atoms with Crippen LogP contribution in [0.4, 0.5) is 4.39 Å². The molecule has 0 amide bonds. The van der Waals surface area contributed by atoms with Crippen molar-refractivity contribution in [2.45, 2.75) is 64.1 Å². The number of ketones is 1. The highest BCUT2D eigenvalue weighted by Gasteiger charge is 2.56. The highest BCUT2D eigenvalue weighted by atomic mass is 19.1. The van der Waals surface area contributed by atoms with Crippen molar-refractivity contribution in [1.82, 2.24) is 0 Å². The van der Waals surface area contributed by atoms with Crippen molar-refractivity contribution in [2.24, 2.45) is 23.2 Å². The number of Topliss-reactive ketones (excluding diaryl/α,β-unsaturated/α-hetero) is 1. The Balaban J connectivity index is 1.29. The number of hydrogen-bond acceptors (Lipinski definition) is 6. The molecule has 0 spiro atoms. The predicted octanol–water partition coefficient (Wildman–Crippen LogP) is 3.09. The van der Waals surface area contributed by atoms with E-state index in [4.69, 9.17) is 14.1 Å². The number of ether oxygens (including phenoxy) is 2. The fourth-order valence-corrected chi connectivity index (χ4v) is 6.75. The van der Waals surface area contributed by atoms with Crippen LogP contribution in [0.2, 0.25) is 0 Å². The second-order valence-electron chi connectivity index (χ2n) is 10.1. The Morgan fingerprint density at radius 3 is 3.00 bits per heavy atom. The minimum absolute atomic E-state index is 0.0239. The molecule has 8 heteroatoms. The van der Waals surface area contributed by atoms with E-state index in [9.17, 15) is 19.0 Å². The number of hydrogen-bond donors (Lipinski definition) is 1. The van der Waals surface area contributed by atoms with E-state index in [1.54, 1.807) is 0 Å². The Morgan fingerprint density at radius 2 is 2.18 bits per heavy atom. The third kappa shape index (κ3) is 4.12. The Bertz CT molecular complexity index is 966. The molecule has 1 aliphatic heterocycles. The lowest BCUT2D eigenvalue weighted by atomic mass is 9.57. The Hall–Kier alpha value is -2.19. The molecule has 2 bridgehead atoms. The highest BCUT2D eigenvalue weighted by molar-refractivity contribution is 6.61. The van der Waals surface area contributed by atoms with Gasteiger partial charge in [-0.25, -0.2) is 9.18 Å². The summed E-state index contributed by atoms with van der Waals surface area (Å²) in [7, 11) is -1.15. The van der Waals surface area contributed by atoms with Gasteiger partial charge < -0.3 is 19.2 Å². The number of carbonyl (C=O) groups is 2. The smallest absolute Gasteiger partial charge is 0.479 e. The summed E-state index contributed by atoms with van der Waals surface area (Å²) in [5, 5.41) is 9.70. The quantitative estimate of drug-likeness (QED) is 0.417.